The normalized spacial score (nSPS) is 9.83. The van der Waals surface area contributed by atoms with Crippen LogP contribution in [0.25, 0.3) is 0 Å². The second-order valence-corrected chi connectivity index (χ2v) is 4.39. The average molecular weight is 259 g/mol. The number of halogens is 1. The van der Waals surface area contributed by atoms with Gasteiger partial charge in [-0.15, -0.1) is 0 Å². The predicted octanol–water partition coefficient (Wildman–Crippen LogP) is 4.01. The van der Waals surface area contributed by atoms with Crippen molar-refractivity contribution in [2.75, 3.05) is 5.32 Å². The van der Waals surface area contributed by atoms with Crippen LogP contribution < -0.4 is 10.6 Å². The molecule has 0 saturated heterocycles. The highest BCUT2D eigenvalue weighted by molar-refractivity contribution is 6.30. The van der Waals surface area contributed by atoms with Crippen LogP contribution in [0.2, 0.25) is 5.02 Å². The molecule has 0 spiro atoms. The van der Waals surface area contributed by atoms with Crippen LogP contribution in [0.4, 0.5) is 5.69 Å². The summed E-state index contributed by atoms with van der Waals surface area (Å²) < 4.78 is 0. The van der Waals surface area contributed by atoms with E-state index in [0.717, 1.165) is 23.1 Å². The van der Waals surface area contributed by atoms with Crippen molar-refractivity contribution in [3.05, 3.63) is 77.6 Å². The molecule has 0 aliphatic rings. The number of hydrogen-bond acceptors (Lipinski definition) is 2. The minimum atomic E-state index is 0.725. The first-order valence-electron chi connectivity index (χ1n) is 5.73. The van der Waals surface area contributed by atoms with E-state index in [-0.39, 0.29) is 0 Å². The molecule has 0 aliphatic carbocycles. The number of nitrogens with one attached hydrogen (secondary N) is 2. The molecule has 2 nitrogen and oxygen atoms in total. The summed E-state index contributed by atoms with van der Waals surface area (Å²) in [5.41, 5.74) is 2.18. The van der Waals surface area contributed by atoms with Gasteiger partial charge in [-0.05, 0) is 29.8 Å². The Hall–Kier alpha value is -1.93. The topological polar surface area (TPSA) is 24.1 Å². The van der Waals surface area contributed by atoms with Crippen LogP contribution in [0.3, 0.4) is 0 Å². The zero-order valence-corrected chi connectivity index (χ0v) is 10.7. The smallest absolute Gasteiger partial charge is 0.0959 e. The fourth-order valence-electron chi connectivity index (χ4n) is 1.56. The Labute approximate surface area is 112 Å². The summed E-state index contributed by atoms with van der Waals surface area (Å²) in [5.74, 6) is 0.765. The van der Waals surface area contributed by atoms with E-state index in [1.54, 1.807) is 0 Å². The maximum atomic E-state index is 5.82. The largest absolute Gasteiger partial charge is 0.368 e. The van der Waals surface area contributed by atoms with Crippen LogP contribution in [-0.2, 0) is 6.54 Å². The van der Waals surface area contributed by atoms with E-state index in [2.05, 4.69) is 29.3 Å². The molecule has 0 saturated carbocycles. The quantitative estimate of drug-likeness (QED) is 0.847. The van der Waals surface area contributed by atoms with Gasteiger partial charge in [0.05, 0.1) is 5.82 Å². The van der Waals surface area contributed by atoms with E-state index in [4.69, 9.17) is 11.6 Å². The molecule has 2 rings (SSSR count). The zero-order chi connectivity index (χ0) is 12.8. The summed E-state index contributed by atoms with van der Waals surface area (Å²) in [4.78, 5) is 0. The van der Waals surface area contributed by atoms with Gasteiger partial charge in [-0.1, -0.05) is 48.5 Å². The molecule has 0 bridgehead atoms. The minimum absolute atomic E-state index is 0.725. The van der Waals surface area contributed by atoms with Crippen molar-refractivity contribution in [2.45, 2.75) is 6.54 Å². The van der Waals surface area contributed by atoms with Crippen LogP contribution in [-0.4, -0.2) is 0 Å². The van der Waals surface area contributed by atoms with Gasteiger partial charge in [0, 0.05) is 17.3 Å². The predicted molar refractivity (Wildman–Crippen MR) is 77.5 cm³/mol. The van der Waals surface area contributed by atoms with Crippen LogP contribution in [0, 0.1) is 0 Å². The van der Waals surface area contributed by atoms with Gasteiger partial charge < -0.3 is 10.6 Å². The summed E-state index contributed by atoms with van der Waals surface area (Å²) in [6, 6.07) is 17.7. The fraction of sp³-hybridized carbons (Fsp3) is 0.0667. The Bertz CT molecular complexity index is 506. The fourth-order valence-corrected chi connectivity index (χ4v) is 1.68. The number of rotatable bonds is 5. The summed E-state index contributed by atoms with van der Waals surface area (Å²) in [7, 11) is 0. The molecule has 0 aromatic heterocycles. The van der Waals surface area contributed by atoms with Crippen molar-refractivity contribution in [1.82, 2.24) is 5.32 Å². The third-order valence-corrected chi connectivity index (χ3v) is 2.74. The van der Waals surface area contributed by atoms with E-state index in [1.165, 1.54) is 5.56 Å². The van der Waals surface area contributed by atoms with Gasteiger partial charge in [-0.3, -0.25) is 0 Å². The SMILES string of the molecule is C=C(NCc1ccccc1)Nc1ccc(Cl)cc1. The van der Waals surface area contributed by atoms with Crippen LogP contribution in [0.1, 0.15) is 5.56 Å². The highest BCUT2D eigenvalue weighted by Crippen LogP contribution is 2.14. The molecule has 2 aromatic rings. The summed E-state index contributed by atoms with van der Waals surface area (Å²) >= 11 is 5.82. The molecule has 0 atom stereocenters. The molecule has 0 heterocycles. The van der Waals surface area contributed by atoms with Gasteiger partial charge in [-0.2, -0.15) is 0 Å². The van der Waals surface area contributed by atoms with E-state index in [1.807, 2.05) is 42.5 Å². The molecule has 0 unspecified atom stereocenters. The highest BCUT2D eigenvalue weighted by Gasteiger charge is 1.96. The lowest BCUT2D eigenvalue weighted by molar-refractivity contribution is 0.820. The van der Waals surface area contributed by atoms with Crippen molar-refractivity contribution in [1.29, 1.82) is 0 Å². The van der Waals surface area contributed by atoms with Gasteiger partial charge in [0.15, 0.2) is 0 Å². The van der Waals surface area contributed by atoms with E-state index in [9.17, 15) is 0 Å². The molecule has 2 aromatic carbocycles. The van der Waals surface area contributed by atoms with Gasteiger partial charge in [0.25, 0.3) is 0 Å². The lowest BCUT2D eigenvalue weighted by atomic mass is 10.2. The van der Waals surface area contributed by atoms with Gasteiger partial charge in [0.1, 0.15) is 0 Å². The first-order valence-corrected chi connectivity index (χ1v) is 6.11. The zero-order valence-electron chi connectivity index (χ0n) is 9.99. The molecule has 3 heteroatoms. The summed E-state index contributed by atoms with van der Waals surface area (Å²) in [6.45, 7) is 4.68. The Morgan fingerprint density at radius 3 is 2.33 bits per heavy atom. The van der Waals surface area contributed by atoms with Crippen molar-refractivity contribution < 1.29 is 0 Å². The molecule has 2 N–H and O–H groups in total. The molecular formula is C15H15ClN2. The monoisotopic (exact) mass is 258 g/mol. The van der Waals surface area contributed by atoms with Gasteiger partial charge >= 0.3 is 0 Å². The molecule has 0 aliphatic heterocycles. The summed E-state index contributed by atoms with van der Waals surface area (Å²) in [5, 5.41) is 7.12. The molecule has 18 heavy (non-hydrogen) atoms. The van der Waals surface area contributed by atoms with Crippen LogP contribution >= 0.6 is 11.6 Å². The lowest BCUT2D eigenvalue weighted by Crippen LogP contribution is -2.17. The Morgan fingerprint density at radius 1 is 1.00 bits per heavy atom. The first kappa shape index (κ1) is 12.5. The maximum absolute atomic E-state index is 5.82. The minimum Gasteiger partial charge on any atom is -0.368 e. The van der Waals surface area contributed by atoms with Crippen LogP contribution in [0.5, 0.6) is 0 Å². The van der Waals surface area contributed by atoms with Crippen molar-refractivity contribution >= 4 is 17.3 Å². The van der Waals surface area contributed by atoms with E-state index >= 15 is 0 Å². The second kappa shape index (κ2) is 6.12. The lowest BCUT2D eigenvalue weighted by Gasteiger charge is -2.12. The van der Waals surface area contributed by atoms with Gasteiger partial charge in [-0.25, -0.2) is 0 Å². The third kappa shape index (κ3) is 3.82. The highest BCUT2D eigenvalue weighted by atomic mass is 35.5. The van der Waals surface area contributed by atoms with Crippen LogP contribution in [0.15, 0.2) is 67.0 Å². The average Bonchev–Trinajstić information content (AvgIpc) is 2.40. The maximum Gasteiger partial charge on any atom is 0.0959 e. The van der Waals surface area contributed by atoms with Gasteiger partial charge in [0.2, 0.25) is 0 Å². The van der Waals surface area contributed by atoms with E-state index in [0.29, 0.717) is 0 Å². The van der Waals surface area contributed by atoms with Crippen molar-refractivity contribution in [3.8, 4) is 0 Å². The third-order valence-electron chi connectivity index (χ3n) is 2.49. The number of benzene rings is 2. The van der Waals surface area contributed by atoms with Crippen molar-refractivity contribution in [3.63, 3.8) is 0 Å². The molecule has 0 amide bonds. The molecule has 0 radical (unpaired) electrons. The first-order chi connectivity index (χ1) is 8.74. The standard InChI is InChI=1S/C15H15ClN2/c1-12(17-11-13-5-3-2-4-6-13)18-15-9-7-14(16)8-10-15/h2-10,17-18H,1,11H2. The Balaban J connectivity index is 1.84. The molecule has 92 valence electrons. The Kier molecular flexibility index (Phi) is 4.26. The Morgan fingerprint density at radius 2 is 1.67 bits per heavy atom. The summed E-state index contributed by atoms with van der Waals surface area (Å²) in [6.07, 6.45) is 0. The molecular weight excluding hydrogens is 244 g/mol. The van der Waals surface area contributed by atoms with E-state index < -0.39 is 0 Å². The number of hydrogen-bond donors (Lipinski definition) is 2. The second-order valence-electron chi connectivity index (χ2n) is 3.95. The molecule has 0 fully saturated rings. The number of anilines is 1. The van der Waals surface area contributed by atoms with Crippen molar-refractivity contribution in [2.24, 2.45) is 0 Å².